The molecule has 2 aromatic carbocycles. The van der Waals surface area contributed by atoms with Gasteiger partial charge in [-0.05, 0) is 47.7 Å². The quantitative estimate of drug-likeness (QED) is 0.235. The van der Waals surface area contributed by atoms with Crippen LogP contribution in [0.4, 0.5) is 10.8 Å². The molecule has 3 amide bonds. The van der Waals surface area contributed by atoms with Crippen molar-refractivity contribution in [3.05, 3.63) is 87.6 Å². The van der Waals surface area contributed by atoms with Crippen LogP contribution in [0.5, 0.6) is 11.5 Å². The Labute approximate surface area is 234 Å². The molecule has 3 N–H and O–H groups in total. The Morgan fingerprint density at radius 3 is 2.56 bits per heavy atom. The fraction of sp³-hybridized carbons (Fsp3) is 0.214. The average molecular weight is 565 g/mol. The van der Waals surface area contributed by atoms with Gasteiger partial charge in [-0.1, -0.05) is 30.3 Å². The Bertz CT molecular complexity index is 1420. The van der Waals surface area contributed by atoms with Crippen molar-refractivity contribution >= 4 is 51.2 Å². The molecule has 1 atom stereocenters. The summed E-state index contributed by atoms with van der Waals surface area (Å²) in [6.07, 6.45) is 1.34. The highest BCUT2D eigenvalue weighted by molar-refractivity contribution is 7.13. The van der Waals surface area contributed by atoms with Crippen LogP contribution in [0.3, 0.4) is 0 Å². The average Bonchev–Trinajstić information content (AvgIpc) is 3.65. The zero-order valence-corrected chi connectivity index (χ0v) is 23.1. The predicted octanol–water partition coefficient (Wildman–Crippen LogP) is 5.04. The van der Waals surface area contributed by atoms with Crippen LogP contribution in [-0.2, 0) is 20.9 Å². The second kappa shape index (κ2) is 13.0. The van der Waals surface area contributed by atoms with Crippen LogP contribution in [0.15, 0.2) is 71.6 Å². The monoisotopic (exact) mass is 564 g/mol. The summed E-state index contributed by atoms with van der Waals surface area (Å²) in [7, 11) is 1.41. The highest BCUT2D eigenvalue weighted by Crippen LogP contribution is 2.35. The number of ether oxygens (including phenoxy) is 1. The van der Waals surface area contributed by atoms with Gasteiger partial charge in [-0.3, -0.25) is 19.3 Å². The number of benzene rings is 2. The fourth-order valence-corrected chi connectivity index (χ4v) is 5.21. The van der Waals surface area contributed by atoms with Gasteiger partial charge >= 0.3 is 0 Å². The van der Waals surface area contributed by atoms with Gasteiger partial charge in [0.15, 0.2) is 16.6 Å². The smallest absolute Gasteiger partial charge is 0.248 e. The number of thiazole rings is 1. The lowest BCUT2D eigenvalue weighted by atomic mass is 10.00. The fourth-order valence-electron chi connectivity index (χ4n) is 4.03. The lowest BCUT2D eigenvalue weighted by molar-refractivity contribution is -0.127. The number of methoxy groups -OCH3 is 1. The van der Waals surface area contributed by atoms with Crippen molar-refractivity contribution in [1.82, 2.24) is 10.3 Å². The summed E-state index contributed by atoms with van der Waals surface area (Å²) in [5.74, 6) is -1.11. The number of hydrogen-bond donors (Lipinski definition) is 3. The third kappa shape index (κ3) is 7.01. The first-order valence-electron chi connectivity index (χ1n) is 12.1. The van der Waals surface area contributed by atoms with Crippen molar-refractivity contribution in [2.75, 3.05) is 17.3 Å². The van der Waals surface area contributed by atoms with Gasteiger partial charge in [0.1, 0.15) is 6.04 Å². The Kier molecular flexibility index (Phi) is 9.29. The van der Waals surface area contributed by atoms with Gasteiger partial charge in [0.05, 0.1) is 13.7 Å². The van der Waals surface area contributed by atoms with E-state index >= 15 is 0 Å². The molecule has 0 saturated heterocycles. The zero-order chi connectivity index (χ0) is 27.8. The van der Waals surface area contributed by atoms with Crippen molar-refractivity contribution in [3.8, 4) is 11.5 Å². The summed E-state index contributed by atoms with van der Waals surface area (Å²) in [6, 6.07) is 14.5. The third-order valence-corrected chi connectivity index (χ3v) is 7.50. The highest BCUT2D eigenvalue weighted by Gasteiger charge is 2.34. The third-order valence-electron chi connectivity index (χ3n) is 5.93. The SMILES string of the molecule is COc1cc(C(C(=O)NCc2cccs2)N(C(=O)CCC(=O)Nc2nccs2)c2ccccc2C)ccc1O. The molecule has 2 aromatic heterocycles. The molecule has 0 aliphatic carbocycles. The number of nitrogens with one attached hydrogen (secondary N) is 2. The minimum atomic E-state index is -1.10. The van der Waals surface area contributed by atoms with Crippen LogP contribution in [0, 0.1) is 6.92 Å². The van der Waals surface area contributed by atoms with E-state index in [9.17, 15) is 19.5 Å². The normalized spacial score (nSPS) is 11.4. The van der Waals surface area contributed by atoms with E-state index in [1.807, 2.05) is 36.6 Å². The number of aromatic hydroxyl groups is 1. The number of nitrogens with zero attached hydrogens (tertiary/aromatic N) is 2. The van der Waals surface area contributed by atoms with Crippen LogP contribution in [0.25, 0.3) is 0 Å². The van der Waals surface area contributed by atoms with Crippen molar-refractivity contribution < 1.29 is 24.2 Å². The van der Waals surface area contributed by atoms with E-state index in [4.69, 9.17) is 4.74 Å². The van der Waals surface area contributed by atoms with E-state index in [2.05, 4.69) is 15.6 Å². The van der Waals surface area contributed by atoms with Crippen molar-refractivity contribution in [2.45, 2.75) is 32.4 Å². The summed E-state index contributed by atoms with van der Waals surface area (Å²) < 4.78 is 5.29. The molecule has 0 aliphatic heterocycles. The van der Waals surface area contributed by atoms with Crippen LogP contribution < -0.4 is 20.3 Å². The summed E-state index contributed by atoms with van der Waals surface area (Å²) in [5, 5.41) is 19.9. The van der Waals surface area contributed by atoms with E-state index in [1.165, 1.54) is 40.7 Å². The molecule has 4 rings (SSSR count). The Hall–Kier alpha value is -4.22. The van der Waals surface area contributed by atoms with Crippen LogP contribution in [0.1, 0.15) is 34.9 Å². The maximum absolute atomic E-state index is 13.9. The molecule has 0 bridgehead atoms. The van der Waals surface area contributed by atoms with Gasteiger partial charge in [0.2, 0.25) is 17.7 Å². The van der Waals surface area contributed by atoms with Crippen LogP contribution in [0.2, 0.25) is 0 Å². The molecule has 4 aromatic rings. The maximum atomic E-state index is 13.9. The second-order valence-corrected chi connectivity index (χ2v) is 10.5. The molecule has 0 saturated carbocycles. The molecule has 0 radical (unpaired) electrons. The summed E-state index contributed by atoms with van der Waals surface area (Å²) in [6.45, 7) is 2.14. The van der Waals surface area contributed by atoms with Crippen molar-refractivity contribution in [2.24, 2.45) is 0 Å². The number of carbonyl (C=O) groups is 3. The Balaban J connectivity index is 1.69. The molecule has 0 spiro atoms. The Morgan fingerprint density at radius 1 is 1.05 bits per heavy atom. The van der Waals surface area contributed by atoms with Gasteiger partial charge in [-0.25, -0.2) is 4.98 Å². The molecule has 11 heteroatoms. The first-order chi connectivity index (χ1) is 18.9. The molecule has 1 unspecified atom stereocenters. The molecular weight excluding hydrogens is 536 g/mol. The van der Waals surface area contributed by atoms with Crippen LogP contribution >= 0.6 is 22.7 Å². The number of carbonyl (C=O) groups excluding carboxylic acids is 3. The lowest BCUT2D eigenvalue weighted by Crippen LogP contribution is -2.44. The first kappa shape index (κ1) is 27.8. The number of amides is 3. The summed E-state index contributed by atoms with van der Waals surface area (Å²) in [4.78, 5) is 46.6. The predicted molar refractivity (Wildman–Crippen MR) is 152 cm³/mol. The maximum Gasteiger partial charge on any atom is 0.248 e. The number of phenols is 1. The van der Waals surface area contributed by atoms with E-state index < -0.39 is 17.9 Å². The first-order valence-corrected chi connectivity index (χ1v) is 13.9. The number of para-hydroxylation sites is 1. The zero-order valence-electron chi connectivity index (χ0n) is 21.4. The van der Waals surface area contributed by atoms with Gasteiger partial charge < -0.3 is 20.5 Å². The topological polar surface area (TPSA) is 121 Å². The van der Waals surface area contributed by atoms with Gasteiger partial charge in [0.25, 0.3) is 0 Å². The number of anilines is 2. The number of phenolic OH excluding ortho intramolecular Hbond substituents is 1. The van der Waals surface area contributed by atoms with Gasteiger partial charge in [0, 0.05) is 35.0 Å². The number of rotatable bonds is 11. The summed E-state index contributed by atoms with van der Waals surface area (Å²) in [5.41, 5.74) is 1.75. The van der Waals surface area contributed by atoms with Crippen molar-refractivity contribution in [3.63, 3.8) is 0 Å². The lowest BCUT2D eigenvalue weighted by Gasteiger charge is -2.33. The number of thiophene rings is 1. The molecule has 202 valence electrons. The standard InChI is InChI=1S/C28H28N4O5S2/c1-18-6-3-4-8-21(18)32(25(35)12-11-24(34)31-28-29-13-15-39-28)26(19-9-10-22(33)23(16-19)37-2)27(36)30-17-20-7-5-14-38-20/h3-10,13-16,26,33H,11-12,17H2,1-2H3,(H,30,36)(H,29,31,34). The number of aromatic nitrogens is 1. The largest absolute Gasteiger partial charge is 0.504 e. The minimum absolute atomic E-state index is 0.0911. The molecular formula is C28H28N4O5S2. The van der Waals surface area contributed by atoms with E-state index in [1.54, 1.807) is 35.8 Å². The van der Waals surface area contributed by atoms with Gasteiger partial charge in [-0.2, -0.15) is 0 Å². The van der Waals surface area contributed by atoms with E-state index in [0.717, 1.165) is 10.4 Å². The number of aryl methyl sites for hydroxylation is 1. The Morgan fingerprint density at radius 2 is 1.87 bits per heavy atom. The van der Waals surface area contributed by atoms with E-state index in [0.29, 0.717) is 16.4 Å². The van der Waals surface area contributed by atoms with Crippen LogP contribution in [-0.4, -0.2) is 34.9 Å². The van der Waals surface area contributed by atoms with Crippen molar-refractivity contribution in [1.29, 1.82) is 0 Å². The molecule has 0 aliphatic rings. The summed E-state index contributed by atoms with van der Waals surface area (Å²) >= 11 is 2.79. The highest BCUT2D eigenvalue weighted by atomic mass is 32.1. The number of hydrogen-bond acceptors (Lipinski definition) is 8. The van der Waals surface area contributed by atoms with Gasteiger partial charge in [-0.15, -0.1) is 22.7 Å². The second-order valence-electron chi connectivity index (χ2n) is 8.57. The minimum Gasteiger partial charge on any atom is -0.504 e. The molecule has 2 heterocycles. The van der Waals surface area contributed by atoms with E-state index in [-0.39, 0.29) is 36.8 Å². The molecule has 9 nitrogen and oxygen atoms in total. The molecule has 39 heavy (non-hydrogen) atoms. The molecule has 0 fully saturated rings.